The average Bonchev–Trinajstić information content (AvgIpc) is 3.07. The number of carbonyl (C=O) groups is 2. The van der Waals surface area contributed by atoms with Crippen molar-refractivity contribution >= 4 is 11.9 Å². The molecule has 1 atom stereocenters. The van der Waals surface area contributed by atoms with Crippen molar-refractivity contribution in [2.45, 2.75) is 24.4 Å². The van der Waals surface area contributed by atoms with Gasteiger partial charge < -0.3 is 9.84 Å². The van der Waals surface area contributed by atoms with Gasteiger partial charge in [0.25, 0.3) is 0 Å². The normalized spacial score (nSPS) is 14.4. The lowest BCUT2D eigenvalue weighted by Gasteiger charge is -2.36. The lowest BCUT2D eigenvalue weighted by Crippen LogP contribution is -2.51. The number of ether oxygens (including phenoxy) is 1. The number of hydrogen-bond donors (Lipinski definition) is 2. The molecule has 3 aromatic carbocycles. The molecule has 0 saturated heterocycles. The number of fused-ring (bicyclic) bond motifs is 3. The fourth-order valence-corrected chi connectivity index (χ4v) is 4.36. The van der Waals surface area contributed by atoms with E-state index in [1.165, 1.54) is 7.11 Å². The van der Waals surface area contributed by atoms with E-state index in [0.717, 1.165) is 27.8 Å². The molecule has 4 rings (SSSR count). The van der Waals surface area contributed by atoms with Crippen molar-refractivity contribution in [1.82, 2.24) is 5.32 Å². The molecule has 0 aliphatic heterocycles. The summed E-state index contributed by atoms with van der Waals surface area (Å²) in [5.41, 5.74) is 4.26. The first-order chi connectivity index (χ1) is 14.6. The summed E-state index contributed by atoms with van der Waals surface area (Å²) in [6, 6.07) is 25.0. The summed E-state index contributed by atoms with van der Waals surface area (Å²) in [6.07, 6.45) is 0.148. The van der Waals surface area contributed by atoms with Crippen LogP contribution in [0.5, 0.6) is 0 Å². The van der Waals surface area contributed by atoms with Crippen molar-refractivity contribution < 1.29 is 19.4 Å². The van der Waals surface area contributed by atoms with Crippen LogP contribution in [0, 0.1) is 0 Å². The molecule has 5 heteroatoms. The highest BCUT2D eigenvalue weighted by Crippen LogP contribution is 2.51. The third kappa shape index (κ3) is 3.27. The third-order valence-corrected chi connectivity index (χ3v) is 5.71. The van der Waals surface area contributed by atoms with Crippen LogP contribution >= 0.6 is 0 Å². The minimum atomic E-state index is -1.00. The predicted molar refractivity (Wildman–Crippen MR) is 114 cm³/mol. The molecule has 3 aromatic rings. The summed E-state index contributed by atoms with van der Waals surface area (Å²) in [5.74, 6) is -1.43. The van der Waals surface area contributed by atoms with Crippen LogP contribution in [-0.4, -0.2) is 30.2 Å². The molecule has 5 nitrogen and oxygen atoms in total. The second-order valence-corrected chi connectivity index (χ2v) is 7.36. The quantitative estimate of drug-likeness (QED) is 0.586. The zero-order valence-corrected chi connectivity index (χ0v) is 16.7. The summed E-state index contributed by atoms with van der Waals surface area (Å²) in [7, 11) is 1.31. The van der Waals surface area contributed by atoms with E-state index in [0.29, 0.717) is 0 Å². The van der Waals surface area contributed by atoms with E-state index in [1.54, 1.807) is 0 Å². The van der Waals surface area contributed by atoms with Crippen LogP contribution in [0.2, 0.25) is 0 Å². The maximum Gasteiger partial charge on any atom is 0.320 e. The smallest absolute Gasteiger partial charge is 0.320 e. The number of methoxy groups -OCH3 is 1. The zero-order chi connectivity index (χ0) is 21.1. The first-order valence-electron chi connectivity index (χ1n) is 9.90. The summed E-state index contributed by atoms with van der Waals surface area (Å²) in [5, 5.41) is 13.4. The Bertz CT molecular complexity index is 1030. The number of aliphatic carboxylic acids is 1. The predicted octanol–water partition coefficient (Wildman–Crippen LogP) is 3.95. The van der Waals surface area contributed by atoms with Crippen LogP contribution in [-0.2, 0) is 19.9 Å². The number of nitrogens with one attached hydrogen (secondary N) is 1. The van der Waals surface area contributed by atoms with Gasteiger partial charge in [-0.3, -0.25) is 14.9 Å². The molecule has 0 amide bonds. The van der Waals surface area contributed by atoms with Crippen LogP contribution in [0.3, 0.4) is 0 Å². The zero-order valence-electron chi connectivity index (χ0n) is 16.7. The molecule has 0 unspecified atom stereocenters. The van der Waals surface area contributed by atoms with Gasteiger partial charge in [-0.15, -0.1) is 0 Å². The third-order valence-electron chi connectivity index (χ3n) is 5.71. The minimum Gasteiger partial charge on any atom is -0.480 e. The standard InChI is InChI=1S/C25H23NO4/c1-30-23(27)16-15-22(24(28)29)26-25(17-9-3-2-4-10-17)20-13-7-5-11-18(20)19-12-6-8-14-21(19)25/h2-14,22,26H,15-16H2,1H3,(H,28,29)/t22-/m0/s1. The fraction of sp³-hybridized carbons (Fsp3) is 0.200. The Morgan fingerprint density at radius 3 is 1.97 bits per heavy atom. The summed E-state index contributed by atoms with van der Waals surface area (Å²) >= 11 is 0. The highest BCUT2D eigenvalue weighted by molar-refractivity contribution is 5.84. The van der Waals surface area contributed by atoms with E-state index < -0.39 is 23.5 Å². The molecule has 1 aliphatic carbocycles. The SMILES string of the molecule is COC(=O)CC[C@H](NC1(c2ccccc2)c2ccccc2-c2ccccc21)C(=O)O. The van der Waals surface area contributed by atoms with Gasteiger partial charge >= 0.3 is 11.9 Å². The van der Waals surface area contributed by atoms with Gasteiger partial charge in [0, 0.05) is 6.42 Å². The minimum absolute atomic E-state index is 0.0225. The Kier molecular flexibility index (Phi) is 5.38. The van der Waals surface area contributed by atoms with E-state index in [9.17, 15) is 14.7 Å². The van der Waals surface area contributed by atoms with E-state index in [2.05, 4.69) is 17.4 Å². The van der Waals surface area contributed by atoms with Crippen molar-refractivity contribution in [3.63, 3.8) is 0 Å². The van der Waals surface area contributed by atoms with Gasteiger partial charge in [0.1, 0.15) is 6.04 Å². The number of rotatable bonds is 7. The van der Waals surface area contributed by atoms with E-state index >= 15 is 0 Å². The first-order valence-corrected chi connectivity index (χ1v) is 9.90. The molecule has 2 N–H and O–H groups in total. The number of carbonyl (C=O) groups excluding carboxylic acids is 1. The first kappa shape index (κ1) is 19.9. The van der Waals surface area contributed by atoms with Gasteiger partial charge in [-0.1, -0.05) is 78.9 Å². The van der Waals surface area contributed by atoms with Gasteiger partial charge in [0.15, 0.2) is 0 Å². The number of esters is 1. The average molecular weight is 401 g/mol. The van der Waals surface area contributed by atoms with Crippen molar-refractivity contribution in [3.8, 4) is 11.1 Å². The molecule has 152 valence electrons. The summed E-state index contributed by atoms with van der Waals surface area (Å²) < 4.78 is 4.71. The van der Waals surface area contributed by atoms with Crippen molar-refractivity contribution in [3.05, 3.63) is 95.6 Å². The summed E-state index contributed by atoms with van der Waals surface area (Å²) in [4.78, 5) is 23.9. The lowest BCUT2D eigenvalue weighted by atomic mass is 9.79. The van der Waals surface area contributed by atoms with Crippen molar-refractivity contribution in [2.75, 3.05) is 7.11 Å². The van der Waals surface area contributed by atoms with Gasteiger partial charge in [0.2, 0.25) is 0 Å². The molecule has 0 bridgehead atoms. The maximum absolute atomic E-state index is 12.2. The Morgan fingerprint density at radius 1 is 0.900 bits per heavy atom. The molecule has 0 spiro atoms. The molecule has 0 saturated carbocycles. The van der Waals surface area contributed by atoms with Gasteiger partial charge in [0.05, 0.1) is 12.6 Å². The highest BCUT2D eigenvalue weighted by atomic mass is 16.5. The Labute approximate surface area is 175 Å². The van der Waals surface area contributed by atoms with Crippen LogP contribution in [0.25, 0.3) is 11.1 Å². The molecular weight excluding hydrogens is 378 g/mol. The van der Waals surface area contributed by atoms with Crippen LogP contribution in [0.4, 0.5) is 0 Å². The van der Waals surface area contributed by atoms with Crippen molar-refractivity contribution in [2.24, 2.45) is 0 Å². The second kappa shape index (κ2) is 8.13. The van der Waals surface area contributed by atoms with Crippen molar-refractivity contribution in [1.29, 1.82) is 0 Å². The van der Waals surface area contributed by atoms with E-state index in [4.69, 9.17) is 4.74 Å². The van der Waals surface area contributed by atoms with E-state index in [1.807, 2.05) is 66.7 Å². The maximum atomic E-state index is 12.2. The van der Waals surface area contributed by atoms with E-state index in [-0.39, 0.29) is 12.8 Å². The topological polar surface area (TPSA) is 75.6 Å². The largest absolute Gasteiger partial charge is 0.480 e. The lowest BCUT2D eigenvalue weighted by molar-refractivity contribution is -0.142. The fourth-order valence-electron chi connectivity index (χ4n) is 4.36. The Hall–Kier alpha value is -3.44. The number of hydrogen-bond acceptors (Lipinski definition) is 4. The molecule has 1 aliphatic rings. The van der Waals surface area contributed by atoms with Gasteiger partial charge in [-0.2, -0.15) is 0 Å². The Balaban J connectivity index is 1.89. The monoisotopic (exact) mass is 401 g/mol. The van der Waals surface area contributed by atoms with Crippen LogP contribution < -0.4 is 5.32 Å². The van der Waals surface area contributed by atoms with Gasteiger partial charge in [-0.05, 0) is 34.2 Å². The molecule has 0 fully saturated rings. The number of carboxylic acids is 1. The molecular formula is C25H23NO4. The number of benzene rings is 3. The molecule has 0 radical (unpaired) electrons. The molecule has 0 heterocycles. The summed E-state index contributed by atoms with van der Waals surface area (Å²) in [6.45, 7) is 0. The molecule has 30 heavy (non-hydrogen) atoms. The Morgan fingerprint density at radius 2 is 1.43 bits per heavy atom. The van der Waals surface area contributed by atoms with Crippen LogP contribution in [0.15, 0.2) is 78.9 Å². The number of carboxylic acid groups (broad SMARTS) is 1. The van der Waals surface area contributed by atoms with Gasteiger partial charge in [-0.25, -0.2) is 0 Å². The molecule has 0 aromatic heterocycles. The second-order valence-electron chi connectivity index (χ2n) is 7.36. The highest BCUT2D eigenvalue weighted by Gasteiger charge is 2.46. The van der Waals surface area contributed by atoms with Crippen LogP contribution in [0.1, 0.15) is 29.5 Å².